The van der Waals surface area contributed by atoms with Gasteiger partial charge in [0.25, 0.3) is 5.91 Å². The van der Waals surface area contributed by atoms with Crippen LogP contribution in [0.2, 0.25) is 0 Å². The van der Waals surface area contributed by atoms with E-state index in [-0.39, 0.29) is 11.8 Å². The molecule has 1 aromatic heterocycles. The van der Waals surface area contributed by atoms with E-state index < -0.39 is 5.91 Å². The van der Waals surface area contributed by atoms with Crippen LogP contribution in [0.4, 0.5) is 0 Å². The number of methoxy groups -OCH3 is 1. The smallest absolute Gasteiger partial charge is 0.268 e. The Kier molecular flexibility index (Phi) is 4.37. The summed E-state index contributed by atoms with van der Waals surface area (Å²) in [5, 5.41) is 0. The zero-order chi connectivity index (χ0) is 15.4. The number of amides is 1. The van der Waals surface area contributed by atoms with E-state index in [2.05, 4.69) is 9.97 Å². The second-order valence-corrected chi connectivity index (χ2v) is 4.69. The number of benzene rings is 1. The highest BCUT2D eigenvalue weighted by Crippen LogP contribution is 2.32. The quantitative estimate of drug-likeness (QED) is 0.909. The van der Waals surface area contributed by atoms with E-state index >= 15 is 0 Å². The SMILES string of the molecule is COc1ccc(-c2cncc(C(N)=O)n2)cc1OC(C)C. The minimum atomic E-state index is -0.614. The van der Waals surface area contributed by atoms with Crippen LogP contribution in [-0.4, -0.2) is 29.1 Å². The lowest BCUT2D eigenvalue weighted by Crippen LogP contribution is -2.13. The van der Waals surface area contributed by atoms with Gasteiger partial charge in [-0.15, -0.1) is 0 Å². The molecule has 0 aliphatic heterocycles. The third-order valence-electron chi connectivity index (χ3n) is 2.71. The van der Waals surface area contributed by atoms with E-state index in [1.54, 1.807) is 25.4 Å². The topological polar surface area (TPSA) is 87.3 Å². The first-order chi connectivity index (χ1) is 10.0. The highest BCUT2D eigenvalue weighted by atomic mass is 16.5. The van der Waals surface area contributed by atoms with Gasteiger partial charge in [0.2, 0.25) is 0 Å². The summed E-state index contributed by atoms with van der Waals surface area (Å²) in [5.41, 5.74) is 6.65. The summed E-state index contributed by atoms with van der Waals surface area (Å²) in [6.45, 7) is 3.86. The van der Waals surface area contributed by atoms with Gasteiger partial charge in [-0.1, -0.05) is 0 Å². The molecule has 2 aromatic rings. The van der Waals surface area contributed by atoms with Crippen molar-refractivity contribution in [2.24, 2.45) is 5.73 Å². The number of primary amides is 1. The molecule has 0 fully saturated rings. The highest BCUT2D eigenvalue weighted by molar-refractivity contribution is 5.90. The summed E-state index contributed by atoms with van der Waals surface area (Å²) in [7, 11) is 1.58. The van der Waals surface area contributed by atoms with Crippen molar-refractivity contribution in [2.45, 2.75) is 20.0 Å². The molecule has 1 heterocycles. The van der Waals surface area contributed by atoms with Crippen LogP contribution >= 0.6 is 0 Å². The number of nitrogens with two attached hydrogens (primary N) is 1. The number of hydrogen-bond donors (Lipinski definition) is 1. The maximum Gasteiger partial charge on any atom is 0.268 e. The first kappa shape index (κ1) is 14.8. The third kappa shape index (κ3) is 3.47. The van der Waals surface area contributed by atoms with Gasteiger partial charge in [0.05, 0.1) is 31.3 Å². The standard InChI is InChI=1S/C15H17N3O3/c1-9(2)21-14-6-10(4-5-13(14)20-3)11-7-17-8-12(18-11)15(16)19/h4-9H,1-3H3,(H2,16,19). The van der Waals surface area contributed by atoms with Crippen molar-refractivity contribution in [2.75, 3.05) is 7.11 Å². The lowest BCUT2D eigenvalue weighted by atomic mass is 10.1. The van der Waals surface area contributed by atoms with E-state index in [9.17, 15) is 4.79 Å². The zero-order valence-corrected chi connectivity index (χ0v) is 12.2. The molecule has 6 nitrogen and oxygen atoms in total. The van der Waals surface area contributed by atoms with Gasteiger partial charge in [0.15, 0.2) is 11.5 Å². The van der Waals surface area contributed by atoms with Crippen molar-refractivity contribution in [1.82, 2.24) is 9.97 Å². The Hall–Kier alpha value is -2.63. The van der Waals surface area contributed by atoms with E-state index in [1.807, 2.05) is 19.9 Å². The molecule has 0 aliphatic carbocycles. The van der Waals surface area contributed by atoms with Crippen molar-refractivity contribution < 1.29 is 14.3 Å². The number of ether oxygens (including phenoxy) is 2. The van der Waals surface area contributed by atoms with Crippen LogP contribution in [-0.2, 0) is 0 Å². The van der Waals surface area contributed by atoms with Crippen molar-refractivity contribution in [1.29, 1.82) is 0 Å². The number of aromatic nitrogens is 2. The summed E-state index contributed by atoms with van der Waals surface area (Å²) >= 11 is 0. The van der Waals surface area contributed by atoms with Crippen molar-refractivity contribution in [3.05, 3.63) is 36.3 Å². The number of hydrogen-bond acceptors (Lipinski definition) is 5. The normalized spacial score (nSPS) is 10.5. The van der Waals surface area contributed by atoms with Gasteiger partial charge >= 0.3 is 0 Å². The largest absolute Gasteiger partial charge is 0.493 e. The maximum absolute atomic E-state index is 11.2. The third-order valence-corrected chi connectivity index (χ3v) is 2.71. The van der Waals surface area contributed by atoms with Crippen LogP contribution < -0.4 is 15.2 Å². The molecule has 0 aliphatic rings. The summed E-state index contributed by atoms with van der Waals surface area (Å²) < 4.78 is 11.0. The van der Waals surface area contributed by atoms with E-state index in [0.29, 0.717) is 17.2 Å². The first-order valence-electron chi connectivity index (χ1n) is 6.48. The Balaban J connectivity index is 2.44. The van der Waals surface area contributed by atoms with Gasteiger partial charge < -0.3 is 15.2 Å². The van der Waals surface area contributed by atoms with Crippen LogP contribution in [0, 0.1) is 0 Å². The average Bonchev–Trinajstić information content (AvgIpc) is 2.46. The van der Waals surface area contributed by atoms with E-state index in [4.69, 9.17) is 15.2 Å². The molecule has 0 spiro atoms. The fraction of sp³-hybridized carbons (Fsp3) is 0.267. The summed E-state index contributed by atoms with van der Waals surface area (Å²) in [6.07, 6.45) is 2.91. The Bertz CT molecular complexity index is 656. The summed E-state index contributed by atoms with van der Waals surface area (Å²) in [4.78, 5) is 19.3. The lowest BCUT2D eigenvalue weighted by Gasteiger charge is -2.14. The van der Waals surface area contributed by atoms with Crippen LogP contribution in [0.5, 0.6) is 11.5 Å². The predicted octanol–water partition coefficient (Wildman–Crippen LogP) is 2.04. The van der Waals surface area contributed by atoms with Crippen LogP contribution in [0.1, 0.15) is 24.3 Å². The highest BCUT2D eigenvalue weighted by Gasteiger charge is 2.11. The van der Waals surface area contributed by atoms with Gasteiger partial charge in [-0.2, -0.15) is 0 Å². The minimum absolute atomic E-state index is 0.0113. The number of carbonyl (C=O) groups excluding carboxylic acids is 1. The van der Waals surface area contributed by atoms with Crippen molar-refractivity contribution in [3.8, 4) is 22.8 Å². The van der Waals surface area contributed by atoms with Crippen LogP contribution in [0.3, 0.4) is 0 Å². The molecule has 1 aromatic carbocycles. The summed E-state index contributed by atoms with van der Waals surface area (Å²) in [5.74, 6) is 0.624. The molecule has 110 valence electrons. The Morgan fingerprint density at radius 1 is 1.24 bits per heavy atom. The average molecular weight is 287 g/mol. The molecule has 2 N–H and O–H groups in total. The molecule has 6 heteroatoms. The van der Waals surface area contributed by atoms with Gasteiger partial charge in [0.1, 0.15) is 5.69 Å². The van der Waals surface area contributed by atoms with Gasteiger partial charge in [-0.05, 0) is 32.0 Å². The van der Waals surface area contributed by atoms with Crippen LogP contribution in [0.15, 0.2) is 30.6 Å². The molecular weight excluding hydrogens is 270 g/mol. The Labute approximate surface area is 122 Å². The maximum atomic E-state index is 11.2. The molecule has 0 radical (unpaired) electrons. The fourth-order valence-corrected chi connectivity index (χ4v) is 1.81. The van der Waals surface area contributed by atoms with Crippen LogP contribution in [0.25, 0.3) is 11.3 Å². The molecule has 0 saturated carbocycles. The molecule has 2 rings (SSSR count). The van der Waals surface area contributed by atoms with Gasteiger partial charge in [-0.25, -0.2) is 4.98 Å². The molecule has 0 bridgehead atoms. The number of nitrogens with zero attached hydrogens (tertiary/aromatic N) is 2. The Morgan fingerprint density at radius 3 is 2.62 bits per heavy atom. The number of carbonyl (C=O) groups is 1. The van der Waals surface area contributed by atoms with E-state index in [1.165, 1.54) is 6.20 Å². The van der Waals surface area contributed by atoms with Crippen molar-refractivity contribution in [3.63, 3.8) is 0 Å². The Morgan fingerprint density at radius 2 is 2.00 bits per heavy atom. The number of rotatable bonds is 5. The zero-order valence-electron chi connectivity index (χ0n) is 12.2. The molecule has 0 saturated heterocycles. The second-order valence-electron chi connectivity index (χ2n) is 4.69. The molecule has 0 atom stereocenters. The van der Waals surface area contributed by atoms with E-state index in [0.717, 1.165) is 5.56 Å². The fourth-order valence-electron chi connectivity index (χ4n) is 1.81. The molecular formula is C15H17N3O3. The predicted molar refractivity (Wildman–Crippen MR) is 78.3 cm³/mol. The lowest BCUT2D eigenvalue weighted by molar-refractivity contribution is 0.0995. The molecule has 1 amide bonds. The second kappa shape index (κ2) is 6.21. The first-order valence-corrected chi connectivity index (χ1v) is 6.48. The van der Waals surface area contributed by atoms with Crippen molar-refractivity contribution >= 4 is 5.91 Å². The molecule has 21 heavy (non-hydrogen) atoms. The summed E-state index contributed by atoms with van der Waals surface area (Å²) in [6, 6.07) is 5.40. The molecule has 0 unspecified atom stereocenters. The monoisotopic (exact) mass is 287 g/mol. The van der Waals surface area contributed by atoms with Gasteiger partial charge in [0, 0.05) is 5.56 Å². The minimum Gasteiger partial charge on any atom is -0.493 e. The van der Waals surface area contributed by atoms with Gasteiger partial charge in [-0.3, -0.25) is 9.78 Å².